The number of nitrogens with one attached hydrogen (secondary N) is 1. The average Bonchev–Trinajstić information content (AvgIpc) is 3.29. The predicted molar refractivity (Wildman–Crippen MR) is 116 cm³/mol. The molecule has 0 radical (unpaired) electrons. The van der Waals surface area contributed by atoms with Gasteiger partial charge in [-0.2, -0.15) is 0 Å². The van der Waals surface area contributed by atoms with Crippen LogP contribution in [0.2, 0.25) is 0 Å². The van der Waals surface area contributed by atoms with Crippen molar-refractivity contribution in [3.8, 4) is 11.3 Å². The van der Waals surface area contributed by atoms with Gasteiger partial charge in [0.05, 0.1) is 5.69 Å². The summed E-state index contributed by atoms with van der Waals surface area (Å²) in [7, 11) is 0. The van der Waals surface area contributed by atoms with Gasteiger partial charge in [0.25, 0.3) is 0 Å². The van der Waals surface area contributed by atoms with Crippen LogP contribution in [0.3, 0.4) is 0 Å². The second kappa shape index (κ2) is 8.60. The number of aryl methyl sites for hydroxylation is 1. The first kappa shape index (κ1) is 19.9. The molecular formula is C24H31FN4O. The van der Waals surface area contributed by atoms with Crippen LogP contribution in [0.5, 0.6) is 0 Å². The molecule has 1 aromatic carbocycles. The molecule has 30 heavy (non-hydrogen) atoms. The fourth-order valence-corrected chi connectivity index (χ4v) is 5.59. The number of nitrogens with zero attached hydrogens (tertiary/aromatic N) is 3. The number of likely N-dealkylation sites (tertiary alicyclic amines) is 1. The molecule has 3 fully saturated rings. The van der Waals surface area contributed by atoms with Crippen molar-refractivity contribution < 1.29 is 9.13 Å². The van der Waals surface area contributed by atoms with Crippen LogP contribution in [0.4, 0.5) is 10.2 Å². The van der Waals surface area contributed by atoms with Crippen LogP contribution in [0, 0.1) is 30.5 Å². The molecule has 0 amide bonds. The number of benzene rings is 1. The maximum atomic E-state index is 13.6. The third-order valence-corrected chi connectivity index (χ3v) is 7.18. The number of halogens is 1. The molecule has 1 aliphatic carbocycles. The van der Waals surface area contributed by atoms with Crippen molar-refractivity contribution in [2.24, 2.45) is 17.8 Å². The molecule has 1 saturated carbocycles. The molecule has 160 valence electrons. The number of hydrogen-bond donors (Lipinski definition) is 1. The Labute approximate surface area is 178 Å². The van der Waals surface area contributed by atoms with Gasteiger partial charge in [0, 0.05) is 44.5 Å². The van der Waals surface area contributed by atoms with Crippen LogP contribution in [-0.2, 0) is 4.74 Å². The van der Waals surface area contributed by atoms with Gasteiger partial charge in [-0.3, -0.25) is 0 Å². The average molecular weight is 411 g/mol. The molecule has 0 spiro atoms. The molecule has 2 aromatic rings. The van der Waals surface area contributed by atoms with Crippen LogP contribution < -0.4 is 5.32 Å². The first-order chi connectivity index (χ1) is 14.6. The highest BCUT2D eigenvalue weighted by atomic mass is 19.1. The molecule has 0 bridgehead atoms. The van der Waals surface area contributed by atoms with Gasteiger partial charge in [0.1, 0.15) is 11.6 Å². The van der Waals surface area contributed by atoms with E-state index >= 15 is 0 Å². The summed E-state index contributed by atoms with van der Waals surface area (Å²) in [5, 5.41) is 12.3. The lowest BCUT2D eigenvalue weighted by atomic mass is 10.00. The van der Waals surface area contributed by atoms with Crippen molar-refractivity contribution in [3.63, 3.8) is 0 Å². The van der Waals surface area contributed by atoms with Gasteiger partial charge in [0.15, 0.2) is 0 Å². The van der Waals surface area contributed by atoms with Crippen LogP contribution in [0.15, 0.2) is 30.3 Å². The summed E-state index contributed by atoms with van der Waals surface area (Å²) in [5.41, 5.74) is 2.51. The second-order valence-electron chi connectivity index (χ2n) is 9.37. The molecule has 1 unspecified atom stereocenters. The lowest BCUT2D eigenvalue weighted by Crippen LogP contribution is -2.32. The minimum atomic E-state index is -0.247. The Morgan fingerprint density at radius 1 is 1.07 bits per heavy atom. The van der Waals surface area contributed by atoms with Crippen molar-refractivity contribution in [1.29, 1.82) is 0 Å². The summed E-state index contributed by atoms with van der Waals surface area (Å²) < 4.78 is 19.1. The zero-order chi connectivity index (χ0) is 20.5. The first-order valence-corrected chi connectivity index (χ1v) is 11.3. The summed E-state index contributed by atoms with van der Waals surface area (Å²) in [4.78, 5) is 2.69. The van der Waals surface area contributed by atoms with E-state index in [-0.39, 0.29) is 5.82 Å². The Balaban J connectivity index is 1.14. The van der Waals surface area contributed by atoms with Gasteiger partial charge in [-0.25, -0.2) is 4.39 Å². The van der Waals surface area contributed by atoms with Gasteiger partial charge in [-0.05, 0) is 80.2 Å². The second-order valence-corrected chi connectivity index (χ2v) is 9.37. The lowest BCUT2D eigenvalue weighted by molar-refractivity contribution is 0.0545. The van der Waals surface area contributed by atoms with E-state index in [4.69, 9.17) is 4.74 Å². The molecule has 5 nitrogen and oxygen atoms in total. The van der Waals surface area contributed by atoms with Crippen molar-refractivity contribution in [3.05, 3.63) is 41.7 Å². The van der Waals surface area contributed by atoms with E-state index in [1.54, 1.807) is 6.07 Å². The van der Waals surface area contributed by atoms with Crippen molar-refractivity contribution in [2.75, 3.05) is 38.2 Å². The largest absolute Gasteiger partial charge is 0.381 e. The molecule has 2 saturated heterocycles. The lowest BCUT2D eigenvalue weighted by Gasteiger charge is -2.27. The van der Waals surface area contributed by atoms with E-state index in [0.717, 1.165) is 47.9 Å². The Kier molecular flexibility index (Phi) is 5.70. The number of hydrogen-bond acceptors (Lipinski definition) is 5. The first-order valence-electron chi connectivity index (χ1n) is 11.3. The van der Waals surface area contributed by atoms with E-state index in [2.05, 4.69) is 20.4 Å². The standard InChI is InChI=1S/C24H31FN4O/c1-16-2-3-20(25)12-22(16)23-4-5-24(28-27-23)26-21-10-18-14-29(15-19(18)11-21)13-17-6-8-30-9-7-17/h2-5,12,17-19,21H,6-11,13-15H2,1H3,(H,26,28)/t18-,19+,21?. The van der Waals surface area contributed by atoms with E-state index in [9.17, 15) is 4.39 Å². The molecule has 6 heteroatoms. The van der Waals surface area contributed by atoms with E-state index < -0.39 is 0 Å². The zero-order valence-corrected chi connectivity index (χ0v) is 17.7. The highest BCUT2D eigenvalue weighted by Gasteiger charge is 2.41. The van der Waals surface area contributed by atoms with Crippen LogP contribution >= 0.6 is 0 Å². The molecule has 1 N–H and O–H groups in total. The van der Waals surface area contributed by atoms with E-state index in [1.807, 2.05) is 19.1 Å². The maximum Gasteiger partial charge on any atom is 0.148 e. The third-order valence-electron chi connectivity index (χ3n) is 7.18. The normalized spacial score (nSPS) is 27.3. The highest BCUT2D eigenvalue weighted by Crippen LogP contribution is 2.39. The smallest absolute Gasteiger partial charge is 0.148 e. The van der Waals surface area contributed by atoms with Gasteiger partial charge >= 0.3 is 0 Å². The van der Waals surface area contributed by atoms with E-state index in [0.29, 0.717) is 11.7 Å². The van der Waals surface area contributed by atoms with Crippen molar-refractivity contribution >= 4 is 5.82 Å². The molecule has 3 aliphatic rings. The molecule has 1 aromatic heterocycles. The molecule has 5 rings (SSSR count). The summed E-state index contributed by atoms with van der Waals surface area (Å²) in [5.74, 6) is 2.98. The Morgan fingerprint density at radius 2 is 1.83 bits per heavy atom. The summed E-state index contributed by atoms with van der Waals surface area (Å²) in [6.45, 7) is 7.57. The SMILES string of the molecule is Cc1ccc(F)cc1-c1ccc(NC2C[C@@H]3CN(CC4CCOCC4)C[C@@H]3C2)nn1. The quantitative estimate of drug-likeness (QED) is 0.803. The van der Waals surface area contributed by atoms with E-state index in [1.165, 1.54) is 57.5 Å². The highest BCUT2D eigenvalue weighted by molar-refractivity contribution is 5.63. The van der Waals surface area contributed by atoms with Crippen LogP contribution in [-0.4, -0.2) is 54.0 Å². The number of rotatable bonds is 5. The van der Waals surface area contributed by atoms with Gasteiger partial charge in [0.2, 0.25) is 0 Å². The number of fused-ring (bicyclic) bond motifs is 1. The third kappa shape index (κ3) is 4.35. The topological polar surface area (TPSA) is 50.3 Å². The fourth-order valence-electron chi connectivity index (χ4n) is 5.59. The predicted octanol–water partition coefficient (Wildman–Crippen LogP) is 4.14. The number of ether oxygens (including phenoxy) is 1. The number of aromatic nitrogens is 2. The Morgan fingerprint density at radius 3 is 2.53 bits per heavy atom. The molecule has 3 heterocycles. The zero-order valence-electron chi connectivity index (χ0n) is 17.7. The summed E-state index contributed by atoms with van der Waals surface area (Å²) >= 11 is 0. The minimum absolute atomic E-state index is 0.247. The summed E-state index contributed by atoms with van der Waals surface area (Å²) in [6.07, 6.45) is 4.86. The van der Waals surface area contributed by atoms with Gasteiger partial charge in [-0.1, -0.05) is 6.07 Å². The Hall–Kier alpha value is -2.05. The number of anilines is 1. The molecule has 3 atom stereocenters. The fraction of sp³-hybridized carbons (Fsp3) is 0.583. The molecule has 2 aliphatic heterocycles. The monoisotopic (exact) mass is 410 g/mol. The molecular weight excluding hydrogens is 379 g/mol. The van der Waals surface area contributed by atoms with Crippen molar-refractivity contribution in [1.82, 2.24) is 15.1 Å². The maximum absolute atomic E-state index is 13.6. The van der Waals surface area contributed by atoms with Crippen LogP contribution in [0.1, 0.15) is 31.2 Å². The van der Waals surface area contributed by atoms with Crippen LogP contribution in [0.25, 0.3) is 11.3 Å². The summed E-state index contributed by atoms with van der Waals surface area (Å²) in [6, 6.07) is 9.16. The van der Waals surface area contributed by atoms with Crippen molar-refractivity contribution in [2.45, 2.75) is 38.6 Å². The Bertz CT molecular complexity index is 854. The minimum Gasteiger partial charge on any atom is -0.381 e. The van der Waals surface area contributed by atoms with Gasteiger partial charge < -0.3 is 15.0 Å². The van der Waals surface area contributed by atoms with Gasteiger partial charge in [-0.15, -0.1) is 10.2 Å².